The monoisotopic (exact) mass is 353 g/mol. The van der Waals surface area contributed by atoms with Crippen molar-refractivity contribution in [3.63, 3.8) is 0 Å². The molecular formula is C14H13BrFN3O2. The highest BCUT2D eigenvalue weighted by molar-refractivity contribution is 9.10. The van der Waals surface area contributed by atoms with E-state index in [4.69, 9.17) is 0 Å². The molecule has 0 aliphatic heterocycles. The molecule has 0 fully saturated rings. The first-order valence-corrected chi connectivity index (χ1v) is 6.91. The van der Waals surface area contributed by atoms with Crippen molar-refractivity contribution in [3.8, 4) is 0 Å². The maximum absolute atomic E-state index is 13.7. The summed E-state index contributed by atoms with van der Waals surface area (Å²) >= 11 is 3.12. The molecule has 1 amide bonds. The van der Waals surface area contributed by atoms with Gasteiger partial charge in [0.2, 0.25) is 0 Å². The van der Waals surface area contributed by atoms with Crippen LogP contribution in [0, 0.1) is 19.7 Å². The SMILES string of the molecule is Cc1nn(C)c(C)c1C(=O)C(=O)Nc1ccc(Br)cc1F. The molecule has 0 aliphatic carbocycles. The van der Waals surface area contributed by atoms with E-state index >= 15 is 0 Å². The maximum atomic E-state index is 13.7. The third kappa shape index (κ3) is 3.02. The van der Waals surface area contributed by atoms with Gasteiger partial charge in [-0.2, -0.15) is 5.10 Å². The number of carbonyl (C=O) groups is 2. The summed E-state index contributed by atoms with van der Waals surface area (Å²) in [6.45, 7) is 3.34. The number of rotatable bonds is 3. The average Bonchev–Trinajstić information content (AvgIpc) is 2.66. The van der Waals surface area contributed by atoms with Crippen LogP contribution in [0.15, 0.2) is 22.7 Å². The normalized spacial score (nSPS) is 10.5. The Kier molecular flexibility index (Phi) is 4.22. The molecule has 0 spiro atoms. The summed E-state index contributed by atoms with van der Waals surface area (Å²) < 4.78 is 15.7. The van der Waals surface area contributed by atoms with Gasteiger partial charge in [0.05, 0.1) is 16.9 Å². The van der Waals surface area contributed by atoms with Crippen LogP contribution in [-0.2, 0) is 11.8 Å². The number of anilines is 1. The molecule has 0 saturated carbocycles. The number of amides is 1. The van der Waals surface area contributed by atoms with Crippen molar-refractivity contribution in [1.82, 2.24) is 9.78 Å². The van der Waals surface area contributed by atoms with E-state index in [9.17, 15) is 14.0 Å². The van der Waals surface area contributed by atoms with Gasteiger partial charge in [-0.25, -0.2) is 4.39 Å². The van der Waals surface area contributed by atoms with Gasteiger partial charge in [0.15, 0.2) is 0 Å². The molecule has 1 N–H and O–H groups in total. The quantitative estimate of drug-likeness (QED) is 0.681. The first-order chi connectivity index (χ1) is 9.81. The van der Waals surface area contributed by atoms with Crippen LogP contribution in [0.25, 0.3) is 0 Å². The Morgan fingerprint density at radius 3 is 2.52 bits per heavy atom. The van der Waals surface area contributed by atoms with Crippen LogP contribution in [-0.4, -0.2) is 21.5 Å². The number of carbonyl (C=O) groups excluding carboxylic acids is 2. The number of hydrogen-bond donors (Lipinski definition) is 1. The lowest BCUT2D eigenvalue weighted by Crippen LogP contribution is -2.24. The Balaban J connectivity index is 2.26. The molecule has 1 heterocycles. The average molecular weight is 354 g/mol. The summed E-state index contributed by atoms with van der Waals surface area (Å²) in [6.07, 6.45) is 0. The molecular weight excluding hydrogens is 341 g/mol. The summed E-state index contributed by atoms with van der Waals surface area (Å²) in [7, 11) is 1.69. The van der Waals surface area contributed by atoms with E-state index in [1.165, 1.54) is 16.8 Å². The highest BCUT2D eigenvalue weighted by Gasteiger charge is 2.24. The summed E-state index contributed by atoms with van der Waals surface area (Å²) in [6, 6.07) is 4.16. The second-order valence-electron chi connectivity index (χ2n) is 4.58. The largest absolute Gasteiger partial charge is 0.317 e. The van der Waals surface area contributed by atoms with Crippen molar-refractivity contribution in [3.05, 3.63) is 45.4 Å². The third-order valence-electron chi connectivity index (χ3n) is 3.12. The topological polar surface area (TPSA) is 64.0 Å². The number of aryl methyl sites for hydroxylation is 2. The van der Waals surface area contributed by atoms with Crippen LogP contribution >= 0.6 is 15.9 Å². The molecule has 1 aromatic carbocycles. The van der Waals surface area contributed by atoms with Gasteiger partial charge in [0.25, 0.3) is 11.7 Å². The van der Waals surface area contributed by atoms with Gasteiger partial charge in [-0.05, 0) is 32.0 Å². The molecule has 110 valence electrons. The van der Waals surface area contributed by atoms with E-state index in [-0.39, 0.29) is 11.3 Å². The Bertz CT molecular complexity index is 740. The molecule has 0 saturated heterocycles. The molecule has 7 heteroatoms. The maximum Gasteiger partial charge on any atom is 0.296 e. The van der Waals surface area contributed by atoms with Gasteiger partial charge in [0, 0.05) is 17.2 Å². The van der Waals surface area contributed by atoms with E-state index in [0.29, 0.717) is 15.9 Å². The Morgan fingerprint density at radius 1 is 1.33 bits per heavy atom. The zero-order valence-corrected chi connectivity index (χ0v) is 13.3. The van der Waals surface area contributed by atoms with Crippen molar-refractivity contribution < 1.29 is 14.0 Å². The molecule has 0 unspecified atom stereocenters. The summed E-state index contributed by atoms with van der Waals surface area (Å²) in [4.78, 5) is 24.2. The van der Waals surface area contributed by atoms with Gasteiger partial charge < -0.3 is 5.32 Å². The Labute approximate surface area is 129 Å². The molecule has 0 aliphatic rings. The number of hydrogen-bond acceptors (Lipinski definition) is 3. The number of benzene rings is 1. The van der Waals surface area contributed by atoms with Crippen molar-refractivity contribution >= 4 is 33.3 Å². The van der Waals surface area contributed by atoms with Crippen molar-refractivity contribution in [1.29, 1.82) is 0 Å². The van der Waals surface area contributed by atoms with Crippen LogP contribution in [0.2, 0.25) is 0 Å². The minimum Gasteiger partial charge on any atom is -0.317 e. The number of nitrogens with one attached hydrogen (secondary N) is 1. The van der Waals surface area contributed by atoms with Crippen LogP contribution in [0.1, 0.15) is 21.7 Å². The Hall–Kier alpha value is -2.02. The van der Waals surface area contributed by atoms with E-state index in [0.717, 1.165) is 0 Å². The van der Waals surface area contributed by atoms with Crippen molar-refractivity contribution in [2.24, 2.45) is 7.05 Å². The number of aromatic nitrogens is 2. The lowest BCUT2D eigenvalue weighted by molar-refractivity contribution is -0.112. The minimum absolute atomic E-state index is 0.0456. The molecule has 0 radical (unpaired) electrons. The lowest BCUT2D eigenvalue weighted by atomic mass is 10.1. The smallest absolute Gasteiger partial charge is 0.296 e. The van der Waals surface area contributed by atoms with E-state index in [1.807, 2.05) is 0 Å². The second kappa shape index (κ2) is 5.77. The molecule has 2 aromatic rings. The van der Waals surface area contributed by atoms with Crippen LogP contribution in [0.3, 0.4) is 0 Å². The highest BCUT2D eigenvalue weighted by atomic mass is 79.9. The van der Waals surface area contributed by atoms with Gasteiger partial charge in [-0.3, -0.25) is 14.3 Å². The van der Waals surface area contributed by atoms with Crippen LogP contribution in [0.4, 0.5) is 10.1 Å². The Morgan fingerprint density at radius 2 is 2.00 bits per heavy atom. The van der Waals surface area contributed by atoms with Crippen LogP contribution in [0.5, 0.6) is 0 Å². The lowest BCUT2D eigenvalue weighted by Gasteiger charge is -2.06. The first kappa shape index (κ1) is 15.4. The minimum atomic E-state index is -0.893. The van der Waals surface area contributed by atoms with E-state index < -0.39 is 17.5 Å². The van der Waals surface area contributed by atoms with Gasteiger partial charge in [-0.1, -0.05) is 15.9 Å². The van der Waals surface area contributed by atoms with E-state index in [1.54, 1.807) is 27.0 Å². The summed E-state index contributed by atoms with van der Waals surface area (Å²) in [5.41, 5.74) is 1.25. The third-order valence-corrected chi connectivity index (χ3v) is 3.61. The number of Topliss-reactive ketones (excluding diaryl/α,β-unsaturated/α-hetero) is 1. The standard InChI is InChI=1S/C14H13BrFN3O2/c1-7-12(8(2)19(3)18-7)13(20)14(21)17-11-5-4-9(15)6-10(11)16/h4-6H,1-3H3,(H,17,21). The van der Waals surface area contributed by atoms with Gasteiger partial charge >= 0.3 is 0 Å². The highest BCUT2D eigenvalue weighted by Crippen LogP contribution is 2.20. The molecule has 0 atom stereocenters. The van der Waals surface area contributed by atoms with Crippen LogP contribution < -0.4 is 5.32 Å². The fourth-order valence-corrected chi connectivity index (χ4v) is 2.32. The number of nitrogens with zero attached hydrogens (tertiary/aromatic N) is 2. The predicted octanol–water partition coefficient (Wildman–Crippen LogP) is 2.76. The summed E-state index contributed by atoms with van der Waals surface area (Å²) in [5.74, 6) is -2.25. The number of ketones is 1. The molecule has 0 bridgehead atoms. The second-order valence-corrected chi connectivity index (χ2v) is 5.49. The first-order valence-electron chi connectivity index (χ1n) is 6.12. The van der Waals surface area contributed by atoms with E-state index in [2.05, 4.69) is 26.3 Å². The molecule has 21 heavy (non-hydrogen) atoms. The summed E-state index contributed by atoms with van der Waals surface area (Å²) in [5, 5.41) is 6.36. The molecule has 2 rings (SSSR count). The fourth-order valence-electron chi connectivity index (χ4n) is 1.99. The molecule has 5 nitrogen and oxygen atoms in total. The van der Waals surface area contributed by atoms with Crippen molar-refractivity contribution in [2.45, 2.75) is 13.8 Å². The van der Waals surface area contributed by atoms with Gasteiger partial charge in [0.1, 0.15) is 5.82 Å². The van der Waals surface area contributed by atoms with Gasteiger partial charge in [-0.15, -0.1) is 0 Å². The predicted molar refractivity (Wildman–Crippen MR) is 79.7 cm³/mol. The van der Waals surface area contributed by atoms with Crippen molar-refractivity contribution in [2.75, 3.05) is 5.32 Å². The molecule has 1 aromatic heterocycles. The fraction of sp³-hybridized carbons (Fsp3) is 0.214. The zero-order valence-electron chi connectivity index (χ0n) is 11.7. The zero-order chi connectivity index (χ0) is 15.7. The number of halogens is 2.